The Bertz CT molecular complexity index is 2730. The molecule has 0 atom stereocenters. The van der Waals surface area contributed by atoms with Crippen LogP contribution < -0.4 is 0 Å². The van der Waals surface area contributed by atoms with Crippen LogP contribution in [0.25, 0.3) is 83.5 Å². The largest absolute Gasteiger partial charge is 0.455 e. The number of hydrogen-bond donors (Lipinski definition) is 0. The van der Waals surface area contributed by atoms with E-state index < -0.39 is 0 Å². The number of nitrogens with zero attached hydrogens (tertiary/aromatic N) is 2. The standard InChI is InChI=1S/C46H32N2O/c1-46(2)39-19-7-6-16-35(39)37-27-38-36-18-11-17-34(45(36)49-41(38)28-40(37)46)32-14-10-15-33(26-32)44-43(47-42-20-8-9-25-48(42)44)31-23-21-30(22-24-31)29-12-4-3-5-13-29/h3-28H,1-2H3. The zero-order valence-electron chi connectivity index (χ0n) is 27.3. The fraction of sp³-hybridized carbons (Fsp3) is 0.0652. The first kappa shape index (κ1) is 27.9. The zero-order valence-corrected chi connectivity index (χ0v) is 27.3. The van der Waals surface area contributed by atoms with Crippen LogP contribution in [0.5, 0.6) is 0 Å². The van der Waals surface area contributed by atoms with E-state index in [1.165, 1.54) is 33.4 Å². The second-order valence-corrected chi connectivity index (χ2v) is 13.6. The fourth-order valence-electron chi connectivity index (χ4n) is 7.98. The van der Waals surface area contributed by atoms with Gasteiger partial charge in [0, 0.05) is 39.1 Å². The van der Waals surface area contributed by atoms with E-state index in [1.54, 1.807) is 0 Å². The molecule has 0 spiro atoms. The molecule has 0 radical (unpaired) electrons. The minimum Gasteiger partial charge on any atom is -0.455 e. The van der Waals surface area contributed by atoms with Gasteiger partial charge in [-0.25, -0.2) is 4.98 Å². The van der Waals surface area contributed by atoms with Gasteiger partial charge in [0.05, 0.1) is 11.4 Å². The highest BCUT2D eigenvalue weighted by molar-refractivity contribution is 6.11. The highest BCUT2D eigenvalue weighted by Crippen LogP contribution is 2.51. The first-order chi connectivity index (χ1) is 24.0. The zero-order chi connectivity index (χ0) is 32.7. The predicted molar refractivity (Wildman–Crippen MR) is 202 cm³/mol. The van der Waals surface area contributed by atoms with Gasteiger partial charge in [-0.2, -0.15) is 0 Å². The number of pyridine rings is 1. The molecule has 232 valence electrons. The van der Waals surface area contributed by atoms with Crippen molar-refractivity contribution in [3.63, 3.8) is 0 Å². The molecule has 9 aromatic rings. The molecule has 0 N–H and O–H groups in total. The summed E-state index contributed by atoms with van der Waals surface area (Å²) in [5.74, 6) is 0. The second kappa shape index (κ2) is 10.4. The van der Waals surface area contributed by atoms with Crippen LogP contribution in [0, 0.1) is 0 Å². The summed E-state index contributed by atoms with van der Waals surface area (Å²) in [6.07, 6.45) is 2.10. The molecule has 6 aromatic carbocycles. The van der Waals surface area contributed by atoms with E-state index in [4.69, 9.17) is 9.40 Å². The quantitative estimate of drug-likeness (QED) is 0.194. The van der Waals surface area contributed by atoms with Gasteiger partial charge in [0.15, 0.2) is 0 Å². The summed E-state index contributed by atoms with van der Waals surface area (Å²) < 4.78 is 8.98. The SMILES string of the molecule is CC1(C)c2ccccc2-c2cc3c(cc21)oc1c(-c2cccc(-c4c(-c5ccc(-c6ccccc6)cc5)nc5ccccn45)c2)cccc13. The Hall–Kier alpha value is -6.19. The molecular formula is C46H32N2O. The number of rotatable bonds is 4. The summed E-state index contributed by atoms with van der Waals surface area (Å²) in [6, 6.07) is 54.1. The van der Waals surface area contributed by atoms with Gasteiger partial charge < -0.3 is 4.42 Å². The van der Waals surface area contributed by atoms with Crippen LogP contribution in [-0.2, 0) is 5.41 Å². The van der Waals surface area contributed by atoms with Crippen LogP contribution in [-0.4, -0.2) is 9.38 Å². The lowest BCUT2D eigenvalue weighted by molar-refractivity contribution is 0.648. The lowest BCUT2D eigenvalue weighted by Gasteiger charge is -2.21. The summed E-state index contributed by atoms with van der Waals surface area (Å²) in [5, 5.41) is 2.29. The number of fused-ring (bicyclic) bond motifs is 7. The molecule has 3 heterocycles. The van der Waals surface area contributed by atoms with Crippen molar-refractivity contribution >= 4 is 27.6 Å². The molecule has 3 aromatic heterocycles. The van der Waals surface area contributed by atoms with Gasteiger partial charge in [0.1, 0.15) is 16.8 Å². The third-order valence-electron chi connectivity index (χ3n) is 10.4. The fourth-order valence-corrected chi connectivity index (χ4v) is 7.98. The third-order valence-corrected chi connectivity index (χ3v) is 10.4. The van der Waals surface area contributed by atoms with E-state index in [0.717, 1.165) is 61.2 Å². The topological polar surface area (TPSA) is 30.4 Å². The van der Waals surface area contributed by atoms with Crippen molar-refractivity contribution < 1.29 is 4.42 Å². The Morgan fingerprint density at radius 3 is 2.08 bits per heavy atom. The van der Waals surface area contributed by atoms with Crippen LogP contribution in [0.4, 0.5) is 0 Å². The van der Waals surface area contributed by atoms with Gasteiger partial charge in [0.25, 0.3) is 0 Å². The van der Waals surface area contributed by atoms with Crippen molar-refractivity contribution in [3.8, 4) is 55.9 Å². The van der Waals surface area contributed by atoms with E-state index in [-0.39, 0.29) is 5.41 Å². The summed E-state index contributed by atoms with van der Waals surface area (Å²) in [5.41, 5.74) is 16.8. The number of imidazole rings is 1. The maximum atomic E-state index is 6.78. The lowest BCUT2D eigenvalue weighted by atomic mass is 9.82. The van der Waals surface area contributed by atoms with Crippen LogP contribution in [0.3, 0.4) is 0 Å². The van der Waals surface area contributed by atoms with Gasteiger partial charge >= 0.3 is 0 Å². The van der Waals surface area contributed by atoms with Crippen molar-refractivity contribution in [2.24, 2.45) is 0 Å². The number of hydrogen-bond acceptors (Lipinski definition) is 2. The molecule has 0 unspecified atom stereocenters. The van der Waals surface area contributed by atoms with E-state index in [1.807, 2.05) is 6.07 Å². The van der Waals surface area contributed by atoms with Crippen molar-refractivity contribution in [1.82, 2.24) is 9.38 Å². The highest BCUT2D eigenvalue weighted by atomic mass is 16.3. The molecule has 10 rings (SSSR count). The second-order valence-electron chi connectivity index (χ2n) is 13.6. The number of aromatic nitrogens is 2. The molecule has 0 saturated heterocycles. The molecule has 3 heteroatoms. The summed E-state index contributed by atoms with van der Waals surface area (Å²) in [6.45, 7) is 4.63. The van der Waals surface area contributed by atoms with Gasteiger partial charge in [0.2, 0.25) is 0 Å². The smallest absolute Gasteiger partial charge is 0.143 e. The van der Waals surface area contributed by atoms with Crippen LogP contribution in [0.15, 0.2) is 162 Å². The predicted octanol–water partition coefficient (Wildman–Crippen LogP) is 12.2. The normalized spacial score (nSPS) is 13.3. The van der Waals surface area contributed by atoms with Gasteiger partial charge in [-0.05, 0) is 69.3 Å². The molecule has 0 amide bonds. The van der Waals surface area contributed by atoms with E-state index in [2.05, 4.69) is 170 Å². The number of benzene rings is 6. The molecule has 0 saturated carbocycles. The van der Waals surface area contributed by atoms with Crippen LogP contribution in [0.2, 0.25) is 0 Å². The summed E-state index contributed by atoms with van der Waals surface area (Å²) in [4.78, 5) is 5.15. The highest BCUT2D eigenvalue weighted by Gasteiger charge is 2.36. The van der Waals surface area contributed by atoms with Crippen LogP contribution >= 0.6 is 0 Å². The Kier molecular flexibility index (Phi) is 5.92. The molecule has 1 aliphatic rings. The first-order valence-corrected chi connectivity index (χ1v) is 16.9. The minimum absolute atomic E-state index is 0.0795. The summed E-state index contributed by atoms with van der Waals surface area (Å²) >= 11 is 0. The number of furan rings is 1. The Labute approximate surface area is 284 Å². The first-order valence-electron chi connectivity index (χ1n) is 16.9. The molecule has 0 fully saturated rings. The van der Waals surface area contributed by atoms with E-state index in [0.29, 0.717) is 0 Å². The molecule has 0 bridgehead atoms. The maximum absolute atomic E-state index is 6.78. The minimum atomic E-state index is -0.0795. The number of para-hydroxylation sites is 1. The summed E-state index contributed by atoms with van der Waals surface area (Å²) in [7, 11) is 0. The molecular weight excluding hydrogens is 597 g/mol. The van der Waals surface area contributed by atoms with Crippen molar-refractivity contribution in [3.05, 3.63) is 169 Å². The lowest BCUT2D eigenvalue weighted by Crippen LogP contribution is -2.14. The van der Waals surface area contributed by atoms with Crippen molar-refractivity contribution in [2.45, 2.75) is 19.3 Å². The van der Waals surface area contributed by atoms with Crippen molar-refractivity contribution in [2.75, 3.05) is 0 Å². The maximum Gasteiger partial charge on any atom is 0.143 e. The monoisotopic (exact) mass is 628 g/mol. The molecule has 0 aliphatic heterocycles. The van der Waals surface area contributed by atoms with Gasteiger partial charge in [-0.1, -0.05) is 135 Å². The Morgan fingerprint density at radius 2 is 1.20 bits per heavy atom. The Morgan fingerprint density at radius 1 is 0.510 bits per heavy atom. The van der Waals surface area contributed by atoms with Crippen LogP contribution in [0.1, 0.15) is 25.0 Å². The van der Waals surface area contributed by atoms with Gasteiger partial charge in [-0.15, -0.1) is 0 Å². The van der Waals surface area contributed by atoms with Gasteiger partial charge in [-0.3, -0.25) is 4.40 Å². The molecule has 1 aliphatic carbocycles. The van der Waals surface area contributed by atoms with E-state index in [9.17, 15) is 0 Å². The van der Waals surface area contributed by atoms with E-state index >= 15 is 0 Å². The Balaban J connectivity index is 1.11. The third kappa shape index (κ3) is 4.19. The van der Waals surface area contributed by atoms with Crippen molar-refractivity contribution in [1.29, 1.82) is 0 Å². The average Bonchev–Trinajstić information content (AvgIpc) is 3.79. The molecule has 3 nitrogen and oxygen atoms in total. The molecule has 49 heavy (non-hydrogen) atoms. The average molecular weight is 629 g/mol.